The van der Waals surface area contributed by atoms with E-state index in [9.17, 15) is 14.4 Å². The SMILES string of the molecule is CCC(=NOCC=Cc1ccccc1)C(=O)O.CCC(=O)C(=O)O. The molecule has 7 heteroatoms. The summed E-state index contributed by atoms with van der Waals surface area (Å²) in [7, 11) is 0. The maximum absolute atomic E-state index is 10.6. The van der Waals surface area contributed by atoms with E-state index in [1.165, 1.54) is 6.92 Å². The minimum atomic E-state index is -1.34. The van der Waals surface area contributed by atoms with Gasteiger partial charge in [-0.25, -0.2) is 9.59 Å². The van der Waals surface area contributed by atoms with Gasteiger partial charge in [0.05, 0.1) is 0 Å². The molecule has 0 saturated heterocycles. The maximum Gasteiger partial charge on any atom is 0.372 e. The lowest BCUT2D eigenvalue weighted by Crippen LogP contribution is -2.11. The third-order valence-corrected chi connectivity index (χ3v) is 2.60. The van der Waals surface area contributed by atoms with Gasteiger partial charge in [0.2, 0.25) is 5.78 Å². The fourth-order valence-corrected chi connectivity index (χ4v) is 1.31. The second-order valence-electron chi connectivity index (χ2n) is 4.39. The van der Waals surface area contributed by atoms with E-state index in [1.807, 2.05) is 36.4 Å². The minimum absolute atomic E-state index is 0.0260. The predicted molar refractivity (Wildman–Crippen MR) is 89.7 cm³/mol. The molecule has 1 aromatic rings. The number of oxime groups is 1. The molecular formula is C17H21NO6. The Kier molecular flexibility index (Phi) is 11.0. The Morgan fingerprint density at radius 3 is 2.08 bits per heavy atom. The van der Waals surface area contributed by atoms with Gasteiger partial charge in [0.15, 0.2) is 5.71 Å². The number of rotatable bonds is 8. The van der Waals surface area contributed by atoms with E-state index >= 15 is 0 Å². The van der Waals surface area contributed by atoms with Crippen molar-refractivity contribution in [2.45, 2.75) is 26.7 Å². The molecule has 0 aromatic heterocycles. The Hall–Kier alpha value is -2.96. The highest BCUT2D eigenvalue weighted by Gasteiger charge is 2.06. The molecule has 0 atom stereocenters. The number of carboxylic acid groups (broad SMARTS) is 2. The van der Waals surface area contributed by atoms with Crippen LogP contribution in [0.2, 0.25) is 0 Å². The number of carboxylic acids is 2. The van der Waals surface area contributed by atoms with E-state index in [-0.39, 0.29) is 18.7 Å². The van der Waals surface area contributed by atoms with Gasteiger partial charge >= 0.3 is 11.9 Å². The normalized spacial score (nSPS) is 10.7. The molecule has 130 valence electrons. The van der Waals surface area contributed by atoms with E-state index in [2.05, 4.69) is 5.16 Å². The number of benzene rings is 1. The van der Waals surface area contributed by atoms with Crippen molar-refractivity contribution in [2.24, 2.45) is 5.16 Å². The Bertz CT molecular complexity index is 592. The van der Waals surface area contributed by atoms with E-state index in [1.54, 1.807) is 13.0 Å². The Labute approximate surface area is 140 Å². The predicted octanol–water partition coefficient (Wildman–Crippen LogP) is 2.62. The molecule has 0 heterocycles. The van der Waals surface area contributed by atoms with Crippen LogP contribution in [0.1, 0.15) is 32.3 Å². The number of carbonyl (C=O) groups is 3. The van der Waals surface area contributed by atoms with E-state index < -0.39 is 17.7 Å². The van der Waals surface area contributed by atoms with Crippen molar-refractivity contribution in [3.05, 3.63) is 42.0 Å². The first kappa shape index (κ1) is 21.0. The molecule has 0 aliphatic carbocycles. The Morgan fingerprint density at radius 1 is 1.04 bits per heavy atom. The highest BCUT2D eigenvalue weighted by molar-refractivity contribution is 6.35. The van der Waals surface area contributed by atoms with Gasteiger partial charge in [-0.05, 0) is 18.1 Å². The lowest BCUT2D eigenvalue weighted by atomic mass is 10.2. The fraction of sp³-hybridized carbons (Fsp3) is 0.294. The minimum Gasteiger partial charge on any atom is -0.477 e. The Morgan fingerprint density at radius 2 is 1.67 bits per heavy atom. The van der Waals surface area contributed by atoms with Gasteiger partial charge in [-0.3, -0.25) is 4.79 Å². The summed E-state index contributed by atoms with van der Waals surface area (Å²) in [5.74, 6) is -3.12. The molecule has 1 aromatic carbocycles. The molecule has 0 spiro atoms. The molecule has 0 unspecified atom stereocenters. The van der Waals surface area contributed by atoms with Crippen molar-refractivity contribution < 1.29 is 29.4 Å². The molecule has 0 bridgehead atoms. The highest BCUT2D eigenvalue weighted by atomic mass is 16.6. The van der Waals surface area contributed by atoms with E-state index in [0.717, 1.165) is 5.56 Å². The smallest absolute Gasteiger partial charge is 0.372 e. The average Bonchev–Trinajstić information content (AvgIpc) is 2.58. The van der Waals surface area contributed by atoms with Crippen molar-refractivity contribution in [1.29, 1.82) is 0 Å². The van der Waals surface area contributed by atoms with Crippen molar-refractivity contribution in [1.82, 2.24) is 0 Å². The highest BCUT2D eigenvalue weighted by Crippen LogP contribution is 2.00. The largest absolute Gasteiger partial charge is 0.477 e. The number of aliphatic carboxylic acids is 2. The van der Waals surface area contributed by atoms with Gasteiger partial charge in [0.1, 0.15) is 6.61 Å². The van der Waals surface area contributed by atoms with E-state index in [0.29, 0.717) is 6.42 Å². The molecule has 1 rings (SSSR count). The van der Waals surface area contributed by atoms with Crippen molar-refractivity contribution in [2.75, 3.05) is 6.61 Å². The molecule has 0 aliphatic rings. The lowest BCUT2D eigenvalue weighted by molar-refractivity contribution is -0.148. The van der Waals surface area contributed by atoms with Gasteiger partial charge in [-0.1, -0.05) is 55.4 Å². The van der Waals surface area contributed by atoms with Crippen LogP contribution in [-0.4, -0.2) is 40.3 Å². The van der Waals surface area contributed by atoms with Crippen LogP contribution in [0.4, 0.5) is 0 Å². The third kappa shape index (κ3) is 9.88. The van der Waals surface area contributed by atoms with Gasteiger partial charge in [0.25, 0.3) is 0 Å². The number of nitrogens with zero attached hydrogens (tertiary/aromatic N) is 1. The quantitative estimate of drug-likeness (QED) is 0.327. The molecule has 0 saturated carbocycles. The van der Waals surface area contributed by atoms with Gasteiger partial charge in [0, 0.05) is 6.42 Å². The zero-order valence-electron chi connectivity index (χ0n) is 13.6. The Balaban J connectivity index is 0.000000640. The molecule has 0 aliphatic heterocycles. The summed E-state index contributed by atoms with van der Waals surface area (Å²) in [6, 6.07) is 9.76. The van der Waals surface area contributed by atoms with Crippen LogP contribution in [-0.2, 0) is 19.2 Å². The van der Waals surface area contributed by atoms with Gasteiger partial charge in [-0.2, -0.15) is 0 Å². The second kappa shape index (κ2) is 12.6. The van der Waals surface area contributed by atoms with Crippen LogP contribution in [0, 0.1) is 0 Å². The summed E-state index contributed by atoms with van der Waals surface area (Å²) < 4.78 is 0. The molecule has 0 amide bonds. The molecule has 0 fully saturated rings. The standard InChI is InChI=1S/C13H15NO3.C4H6O3/c1-2-12(13(15)16)14-17-10-6-9-11-7-4-3-5-8-11;1-2-3(5)4(6)7/h3-9H,2,10H2,1H3,(H,15,16);2H2,1H3,(H,6,7). The molecular weight excluding hydrogens is 314 g/mol. The summed E-state index contributed by atoms with van der Waals surface area (Å²) >= 11 is 0. The van der Waals surface area contributed by atoms with Crippen LogP contribution in [0.3, 0.4) is 0 Å². The first-order valence-electron chi connectivity index (χ1n) is 7.32. The number of hydrogen-bond acceptors (Lipinski definition) is 5. The summed E-state index contributed by atoms with van der Waals surface area (Å²) in [6.45, 7) is 3.48. The molecule has 2 N–H and O–H groups in total. The zero-order valence-corrected chi connectivity index (χ0v) is 13.6. The first-order chi connectivity index (χ1) is 11.4. The van der Waals surface area contributed by atoms with Crippen LogP contribution in [0.15, 0.2) is 41.6 Å². The van der Waals surface area contributed by atoms with Gasteiger partial charge in [-0.15, -0.1) is 0 Å². The average molecular weight is 335 g/mol. The third-order valence-electron chi connectivity index (χ3n) is 2.60. The monoisotopic (exact) mass is 335 g/mol. The topological polar surface area (TPSA) is 113 Å². The summed E-state index contributed by atoms with van der Waals surface area (Å²) in [6.07, 6.45) is 4.10. The summed E-state index contributed by atoms with van der Waals surface area (Å²) in [5.41, 5.74) is 1.09. The number of carbonyl (C=O) groups excluding carboxylic acids is 1. The fourth-order valence-electron chi connectivity index (χ4n) is 1.31. The van der Waals surface area contributed by atoms with E-state index in [4.69, 9.17) is 15.1 Å². The van der Waals surface area contributed by atoms with Crippen molar-refractivity contribution >= 4 is 29.5 Å². The number of ketones is 1. The van der Waals surface area contributed by atoms with Crippen LogP contribution < -0.4 is 0 Å². The summed E-state index contributed by atoms with van der Waals surface area (Å²) in [5, 5.41) is 20.1. The molecule has 24 heavy (non-hydrogen) atoms. The molecule has 0 radical (unpaired) electrons. The second-order valence-corrected chi connectivity index (χ2v) is 4.39. The molecule has 7 nitrogen and oxygen atoms in total. The van der Waals surface area contributed by atoms with Crippen LogP contribution >= 0.6 is 0 Å². The first-order valence-corrected chi connectivity index (χ1v) is 7.32. The lowest BCUT2D eigenvalue weighted by Gasteiger charge is -1.97. The van der Waals surface area contributed by atoms with Crippen molar-refractivity contribution in [3.8, 4) is 0 Å². The maximum atomic E-state index is 10.6. The van der Waals surface area contributed by atoms with Crippen molar-refractivity contribution in [3.63, 3.8) is 0 Å². The van der Waals surface area contributed by atoms with Crippen LogP contribution in [0.5, 0.6) is 0 Å². The number of Topliss-reactive ketones (excluding diaryl/α,β-unsaturated/α-hetero) is 1. The zero-order chi connectivity index (χ0) is 18.4. The van der Waals surface area contributed by atoms with Crippen LogP contribution in [0.25, 0.3) is 6.08 Å². The van der Waals surface area contributed by atoms with Gasteiger partial charge < -0.3 is 15.1 Å². The number of hydrogen-bond donors (Lipinski definition) is 2. The summed E-state index contributed by atoms with van der Waals surface area (Å²) in [4.78, 5) is 35.0.